The maximum Gasteiger partial charge on any atom is -0.00197 e. The lowest BCUT2D eigenvalue weighted by Gasteiger charge is -2.24. The molecule has 0 bridgehead atoms. The standard InChI is InChI=1S/C38H25P/c1-3-12-26(13-4-1)30-18-9-10-21-36(30)39(29-16-5-2-6-17-29)37-23-22-32-35-25-28-15-8-7-14-27(28)24-34(35)31-19-11-20-33(37)38(31)32/h1-25H. The van der Waals surface area contributed by atoms with E-state index in [1.165, 1.54) is 70.8 Å². The van der Waals surface area contributed by atoms with E-state index in [0.717, 1.165) is 0 Å². The van der Waals surface area contributed by atoms with Crippen molar-refractivity contribution in [1.29, 1.82) is 0 Å². The van der Waals surface area contributed by atoms with Gasteiger partial charge in [-0.15, -0.1) is 0 Å². The molecule has 0 aliphatic heterocycles. The van der Waals surface area contributed by atoms with Crippen LogP contribution in [0.15, 0.2) is 152 Å². The summed E-state index contributed by atoms with van der Waals surface area (Å²) in [5.41, 5.74) is 7.97. The third kappa shape index (κ3) is 3.57. The van der Waals surface area contributed by atoms with Gasteiger partial charge in [-0.2, -0.15) is 0 Å². The second kappa shape index (κ2) is 9.05. The highest BCUT2D eigenvalue weighted by Gasteiger charge is 2.27. The summed E-state index contributed by atoms with van der Waals surface area (Å²) in [4.78, 5) is 0. The van der Waals surface area contributed by atoms with Crippen molar-refractivity contribution >= 4 is 45.4 Å². The Morgan fingerprint density at radius 3 is 1.69 bits per heavy atom. The van der Waals surface area contributed by atoms with Crippen LogP contribution in [0.1, 0.15) is 0 Å². The second-order valence-electron chi connectivity index (χ2n) is 10.2. The number of hydrogen-bond donors (Lipinski definition) is 0. The highest BCUT2D eigenvalue weighted by molar-refractivity contribution is 7.80. The molecule has 0 N–H and O–H groups in total. The third-order valence-corrected chi connectivity index (χ3v) is 10.5. The summed E-state index contributed by atoms with van der Waals surface area (Å²) >= 11 is 0. The van der Waals surface area contributed by atoms with Crippen molar-refractivity contribution in [3.8, 4) is 33.4 Å². The zero-order chi connectivity index (χ0) is 25.8. The Bertz CT molecular complexity index is 1960. The average Bonchev–Trinajstić information content (AvgIpc) is 3.32. The molecule has 0 radical (unpaired) electrons. The minimum Gasteiger partial charge on any atom is -0.0622 e. The molecule has 0 spiro atoms. The van der Waals surface area contributed by atoms with Gasteiger partial charge in [-0.25, -0.2) is 0 Å². The van der Waals surface area contributed by atoms with Gasteiger partial charge in [-0.3, -0.25) is 0 Å². The molecule has 0 fully saturated rings. The van der Waals surface area contributed by atoms with Crippen LogP contribution in [0.2, 0.25) is 0 Å². The molecule has 1 atom stereocenters. The Labute approximate surface area is 230 Å². The normalized spacial score (nSPS) is 12.5. The molecule has 0 nitrogen and oxygen atoms in total. The van der Waals surface area contributed by atoms with Crippen LogP contribution in [0.3, 0.4) is 0 Å². The van der Waals surface area contributed by atoms with E-state index in [1.807, 2.05) is 0 Å². The highest BCUT2D eigenvalue weighted by atomic mass is 31.1. The summed E-state index contributed by atoms with van der Waals surface area (Å²) in [6, 6.07) is 56.0. The van der Waals surface area contributed by atoms with Crippen LogP contribution in [0.4, 0.5) is 0 Å². The number of fused-ring (bicyclic) bond motifs is 4. The van der Waals surface area contributed by atoms with Crippen molar-refractivity contribution in [3.05, 3.63) is 152 Å². The third-order valence-electron chi connectivity index (χ3n) is 7.97. The van der Waals surface area contributed by atoms with Crippen LogP contribution in [0.5, 0.6) is 0 Å². The van der Waals surface area contributed by atoms with Gasteiger partial charge >= 0.3 is 0 Å². The molecule has 7 aromatic rings. The van der Waals surface area contributed by atoms with Crippen LogP contribution >= 0.6 is 7.92 Å². The number of rotatable bonds is 4. The molecule has 8 rings (SSSR count). The molecule has 0 amide bonds. The topological polar surface area (TPSA) is 0 Å². The molecule has 0 aromatic heterocycles. The lowest BCUT2D eigenvalue weighted by molar-refractivity contribution is 1.65. The van der Waals surface area contributed by atoms with Gasteiger partial charge in [0.2, 0.25) is 0 Å². The Hall–Kier alpha value is -4.51. The molecule has 182 valence electrons. The molecule has 1 heteroatoms. The molecule has 1 aliphatic rings. The molecule has 0 heterocycles. The fraction of sp³-hybridized carbons (Fsp3) is 0. The van der Waals surface area contributed by atoms with Crippen molar-refractivity contribution in [2.45, 2.75) is 0 Å². The Balaban J connectivity index is 1.41. The van der Waals surface area contributed by atoms with E-state index >= 15 is 0 Å². The van der Waals surface area contributed by atoms with Gasteiger partial charge < -0.3 is 0 Å². The van der Waals surface area contributed by atoms with Gasteiger partial charge in [-0.1, -0.05) is 140 Å². The van der Waals surface area contributed by atoms with E-state index in [4.69, 9.17) is 0 Å². The van der Waals surface area contributed by atoms with Crippen LogP contribution in [0.25, 0.3) is 54.9 Å². The van der Waals surface area contributed by atoms with E-state index in [2.05, 4.69) is 152 Å². The zero-order valence-corrected chi connectivity index (χ0v) is 22.3. The quantitative estimate of drug-likeness (QED) is 0.206. The summed E-state index contributed by atoms with van der Waals surface area (Å²) in [5.74, 6) is 0. The monoisotopic (exact) mass is 512 g/mol. The van der Waals surface area contributed by atoms with Crippen molar-refractivity contribution in [2.75, 3.05) is 0 Å². The second-order valence-corrected chi connectivity index (χ2v) is 12.3. The lowest BCUT2D eigenvalue weighted by Crippen LogP contribution is -2.22. The maximum atomic E-state index is 2.41. The van der Waals surface area contributed by atoms with Crippen molar-refractivity contribution in [1.82, 2.24) is 0 Å². The van der Waals surface area contributed by atoms with Crippen LogP contribution < -0.4 is 15.9 Å². The predicted molar refractivity (Wildman–Crippen MR) is 170 cm³/mol. The first-order chi connectivity index (χ1) is 19.4. The van der Waals surface area contributed by atoms with E-state index in [-0.39, 0.29) is 0 Å². The van der Waals surface area contributed by atoms with E-state index in [9.17, 15) is 0 Å². The summed E-state index contributed by atoms with van der Waals surface area (Å²) in [5, 5.41) is 9.53. The first kappa shape index (κ1) is 22.5. The molecule has 39 heavy (non-hydrogen) atoms. The summed E-state index contributed by atoms with van der Waals surface area (Å²) in [7, 11) is -0.794. The average molecular weight is 513 g/mol. The fourth-order valence-electron chi connectivity index (χ4n) is 6.24. The number of benzene rings is 7. The van der Waals surface area contributed by atoms with Gasteiger partial charge in [0, 0.05) is 0 Å². The minimum atomic E-state index is -0.794. The maximum absolute atomic E-state index is 2.41. The summed E-state index contributed by atoms with van der Waals surface area (Å²) in [6.07, 6.45) is 0. The molecule has 0 saturated carbocycles. The van der Waals surface area contributed by atoms with Gasteiger partial charge in [-0.05, 0) is 90.9 Å². The largest absolute Gasteiger partial charge is 0.0622 e. The van der Waals surface area contributed by atoms with E-state index in [1.54, 1.807) is 0 Å². The first-order valence-electron chi connectivity index (χ1n) is 13.5. The highest BCUT2D eigenvalue weighted by Crippen LogP contribution is 2.50. The zero-order valence-electron chi connectivity index (χ0n) is 21.4. The Morgan fingerprint density at radius 1 is 0.359 bits per heavy atom. The van der Waals surface area contributed by atoms with Crippen molar-refractivity contribution in [2.24, 2.45) is 0 Å². The fourth-order valence-corrected chi connectivity index (χ4v) is 8.85. The smallest absolute Gasteiger partial charge is 0.00197 e. The molecule has 1 aliphatic carbocycles. The van der Waals surface area contributed by atoms with Crippen LogP contribution in [-0.2, 0) is 0 Å². The lowest BCUT2D eigenvalue weighted by atomic mass is 9.99. The molecular formula is C38H25P. The van der Waals surface area contributed by atoms with Crippen molar-refractivity contribution < 1.29 is 0 Å². The van der Waals surface area contributed by atoms with Gasteiger partial charge in [0.1, 0.15) is 0 Å². The molecule has 7 aromatic carbocycles. The molecular weight excluding hydrogens is 487 g/mol. The Kier molecular flexibility index (Phi) is 5.22. The van der Waals surface area contributed by atoms with Gasteiger partial charge in [0.15, 0.2) is 0 Å². The number of hydrogen-bond acceptors (Lipinski definition) is 0. The van der Waals surface area contributed by atoms with Crippen molar-refractivity contribution in [3.63, 3.8) is 0 Å². The Morgan fingerprint density at radius 2 is 0.949 bits per heavy atom. The minimum absolute atomic E-state index is 0.794. The van der Waals surface area contributed by atoms with Crippen LogP contribution in [-0.4, -0.2) is 0 Å². The SMILES string of the molecule is c1ccc(-c2ccccc2P(c2ccccc2)c2ccc3c4c(cccc24)-c2cc4ccccc4cc2-3)cc1. The predicted octanol–water partition coefficient (Wildman–Crippen LogP) is 9.07. The van der Waals surface area contributed by atoms with Crippen LogP contribution in [0, 0.1) is 0 Å². The summed E-state index contributed by atoms with van der Waals surface area (Å²) < 4.78 is 0. The van der Waals surface area contributed by atoms with E-state index in [0.29, 0.717) is 0 Å². The van der Waals surface area contributed by atoms with Gasteiger partial charge in [0.25, 0.3) is 0 Å². The van der Waals surface area contributed by atoms with E-state index < -0.39 is 7.92 Å². The molecule has 0 saturated heterocycles. The first-order valence-corrected chi connectivity index (χ1v) is 14.8. The summed E-state index contributed by atoms with van der Waals surface area (Å²) in [6.45, 7) is 0. The molecule has 1 unspecified atom stereocenters. The van der Waals surface area contributed by atoms with Gasteiger partial charge in [0.05, 0.1) is 0 Å².